The van der Waals surface area contributed by atoms with E-state index in [1.165, 1.54) is 0 Å². The second-order valence-electron chi connectivity index (χ2n) is 5.40. The first-order valence-corrected chi connectivity index (χ1v) is 7.89. The lowest BCUT2D eigenvalue weighted by Crippen LogP contribution is -2.49. The Morgan fingerprint density at radius 3 is 2.30 bits per heavy atom. The zero-order valence-electron chi connectivity index (χ0n) is 12.9. The highest BCUT2D eigenvalue weighted by atomic mass is 79.9. The molecular formula is C15H20BrN3O4. The van der Waals surface area contributed by atoms with Crippen LogP contribution in [0.5, 0.6) is 0 Å². The number of hydrogen-bond donors (Lipinski definition) is 4. The SMILES string of the molecule is CC(C)C[C@H](NC(=O)Nc1ccc(Br)cc1)C(=O)NCC(=O)O. The number of carbonyl (C=O) groups excluding carboxylic acids is 2. The predicted octanol–water partition coefficient (Wildman–Crippen LogP) is 2.19. The standard InChI is InChI=1S/C15H20BrN3O4/c1-9(2)7-12(14(22)17-8-13(20)21)19-15(23)18-11-5-3-10(16)4-6-11/h3-6,9,12H,7-8H2,1-2H3,(H,17,22)(H,20,21)(H2,18,19,23)/t12-/m0/s1. The summed E-state index contributed by atoms with van der Waals surface area (Å²) in [6.45, 7) is 3.33. The number of halogens is 1. The van der Waals surface area contributed by atoms with Crippen LogP contribution in [0.4, 0.5) is 10.5 Å². The lowest BCUT2D eigenvalue weighted by Gasteiger charge is -2.20. The van der Waals surface area contributed by atoms with Gasteiger partial charge in [0.1, 0.15) is 12.6 Å². The van der Waals surface area contributed by atoms with Crippen LogP contribution in [-0.2, 0) is 9.59 Å². The molecule has 1 aromatic carbocycles. The molecule has 0 aliphatic heterocycles. The summed E-state index contributed by atoms with van der Waals surface area (Å²) in [6, 6.07) is 5.66. The summed E-state index contributed by atoms with van der Waals surface area (Å²) in [4.78, 5) is 34.5. The second kappa shape index (κ2) is 9.14. The molecule has 0 aromatic heterocycles. The van der Waals surface area contributed by atoms with Crippen LogP contribution in [0.2, 0.25) is 0 Å². The smallest absolute Gasteiger partial charge is 0.322 e. The lowest BCUT2D eigenvalue weighted by atomic mass is 10.0. The zero-order chi connectivity index (χ0) is 17.4. The molecule has 8 heteroatoms. The fraction of sp³-hybridized carbons (Fsp3) is 0.400. The van der Waals surface area contributed by atoms with Gasteiger partial charge in [-0.3, -0.25) is 9.59 Å². The number of carbonyl (C=O) groups is 3. The second-order valence-corrected chi connectivity index (χ2v) is 6.31. The summed E-state index contributed by atoms with van der Waals surface area (Å²) in [5.74, 6) is -1.50. The van der Waals surface area contributed by atoms with Gasteiger partial charge in [-0.15, -0.1) is 0 Å². The molecular weight excluding hydrogens is 366 g/mol. The molecule has 0 radical (unpaired) electrons. The van der Waals surface area contributed by atoms with Crippen LogP contribution in [0.25, 0.3) is 0 Å². The minimum absolute atomic E-state index is 0.156. The Balaban J connectivity index is 2.64. The quantitative estimate of drug-likeness (QED) is 0.576. The van der Waals surface area contributed by atoms with Gasteiger partial charge in [-0.2, -0.15) is 0 Å². The van der Waals surface area contributed by atoms with Crippen LogP contribution in [0.15, 0.2) is 28.7 Å². The average molecular weight is 386 g/mol. The van der Waals surface area contributed by atoms with E-state index in [4.69, 9.17) is 5.11 Å². The molecule has 0 fully saturated rings. The third kappa shape index (κ3) is 7.64. The number of rotatable bonds is 7. The number of amides is 3. The maximum atomic E-state index is 12.0. The highest BCUT2D eigenvalue weighted by molar-refractivity contribution is 9.10. The first kappa shape index (κ1) is 19.0. The normalized spacial score (nSPS) is 11.7. The molecule has 0 saturated carbocycles. The van der Waals surface area contributed by atoms with Crippen molar-refractivity contribution in [2.45, 2.75) is 26.3 Å². The van der Waals surface area contributed by atoms with Crippen LogP contribution in [0.3, 0.4) is 0 Å². The third-order valence-electron chi connectivity index (χ3n) is 2.84. The van der Waals surface area contributed by atoms with Crippen LogP contribution >= 0.6 is 15.9 Å². The minimum Gasteiger partial charge on any atom is -0.480 e. The van der Waals surface area contributed by atoms with E-state index in [0.717, 1.165) is 4.47 Å². The van der Waals surface area contributed by atoms with Crippen LogP contribution < -0.4 is 16.0 Å². The van der Waals surface area contributed by atoms with Crippen molar-refractivity contribution in [2.24, 2.45) is 5.92 Å². The Hall–Kier alpha value is -2.09. The van der Waals surface area contributed by atoms with Gasteiger partial charge in [-0.25, -0.2) is 4.79 Å². The number of carboxylic acids is 1. The summed E-state index contributed by atoms with van der Waals surface area (Å²) in [6.07, 6.45) is 0.402. The van der Waals surface area contributed by atoms with E-state index in [0.29, 0.717) is 12.1 Å². The fourth-order valence-electron chi connectivity index (χ4n) is 1.85. The van der Waals surface area contributed by atoms with Crippen molar-refractivity contribution in [3.63, 3.8) is 0 Å². The Morgan fingerprint density at radius 2 is 1.78 bits per heavy atom. The number of nitrogens with one attached hydrogen (secondary N) is 3. The van der Waals surface area contributed by atoms with E-state index in [9.17, 15) is 14.4 Å². The number of urea groups is 1. The topological polar surface area (TPSA) is 108 Å². The molecule has 23 heavy (non-hydrogen) atoms. The van der Waals surface area contributed by atoms with Gasteiger partial charge in [-0.1, -0.05) is 29.8 Å². The van der Waals surface area contributed by atoms with Gasteiger partial charge in [0.05, 0.1) is 0 Å². The zero-order valence-corrected chi connectivity index (χ0v) is 14.5. The van der Waals surface area contributed by atoms with Gasteiger partial charge < -0.3 is 21.1 Å². The van der Waals surface area contributed by atoms with Crippen molar-refractivity contribution in [3.8, 4) is 0 Å². The molecule has 0 saturated heterocycles. The largest absolute Gasteiger partial charge is 0.480 e. The molecule has 1 rings (SSSR count). The summed E-state index contributed by atoms with van der Waals surface area (Å²) >= 11 is 3.30. The molecule has 0 aliphatic rings. The summed E-state index contributed by atoms with van der Waals surface area (Å²) in [5.41, 5.74) is 0.583. The number of carboxylic acid groups (broad SMARTS) is 1. The van der Waals surface area contributed by atoms with Crippen molar-refractivity contribution < 1.29 is 19.5 Å². The molecule has 4 N–H and O–H groups in total. The van der Waals surface area contributed by atoms with Gasteiger partial charge >= 0.3 is 12.0 Å². The number of benzene rings is 1. The van der Waals surface area contributed by atoms with Gasteiger partial charge in [0.2, 0.25) is 5.91 Å². The van der Waals surface area contributed by atoms with E-state index in [1.54, 1.807) is 24.3 Å². The van der Waals surface area contributed by atoms with Crippen LogP contribution in [0.1, 0.15) is 20.3 Å². The minimum atomic E-state index is -1.14. The summed E-state index contributed by atoms with van der Waals surface area (Å²) in [7, 11) is 0. The van der Waals surface area contributed by atoms with Crippen LogP contribution in [0, 0.1) is 5.92 Å². The van der Waals surface area contributed by atoms with Crippen LogP contribution in [-0.4, -0.2) is 35.6 Å². The van der Waals surface area contributed by atoms with Crippen molar-refractivity contribution in [2.75, 3.05) is 11.9 Å². The van der Waals surface area contributed by atoms with Gasteiger partial charge in [0.15, 0.2) is 0 Å². The Bertz CT molecular complexity index is 560. The highest BCUT2D eigenvalue weighted by Crippen LogP contribution is 2.14. The first-order chi connectivity index (χ1) is 10.8. The van der Waals surface area contributed by atoms with Crippen molar-refractivity contribution in [3.05, 3.63) is 28.7 Å². The number of anilines is 1. The molecule has 7 nitrogen and oxygen atoms in total. The van der Waals surface area contributed by atoms with E-state index in [-0.39, 0.29) is 5.92 Å². The molecule has 1 aromatic rings. The van der Waals surface area contributed by atoms with Gasteiger partial charge in [-0.05, 0) is 36.6 Å². The number of aliphatic carboxylic acids is 1. The molecule has 3 amide bonds. The molecule has 1 atom stereocenters. The van der Waals surface area contributed by atoms with Crippen molar-refractivity contribution in [1.82, 2.24) is 10.6 Å². The summed E-state index contributed by atoms with van der Waals surface area (Å²) in [5, 5.41) is 16.1. The molecule has 0 heterocycles. The molecule has 0 bridgehead atoms. The van der Waals surface area contributed by atoms with E-state index >= 15 is 0 Å². The summed E-state index contributed by atoms with van der Waals surface area (Å²) < 4.78 is 0.884. The third-order valence-corrected chi connectivity index (χ3v) is 3.37. The first-order valence-electron chi connectivity index (χ1n) is 7.10. The molecule has 0 unspecified atom stereocenters. The molecule has 0 spiro atoms. The Morgan fingerprint density at radius 1 is 1.17 bits per heavy atom. The van der Waals surface area contributed by atoms with E-state index < -0.39 is 30.5 Å². The maximum absolute atomic E-state index is 12.0. The maximum Gasteiger partial charge on any atom is 0.322 e. The van der Waals surface area contributed by atoms with Gasteiger partial charge in [0, 0.05) is 10.2 Å². The highest BCUT2D eigenvalue weighted by Gasteiger charge is 2.22. The number of hydrogen-bond acceptors (Lipinski definition) is 3. The van der Waals surface area contributed by atoms with E-state index in [2.05, 4.69) is 31.9 Å². The van der Waals surface area contributed by atoms with Gasteiger partial charge in [0.25, 0.3) is 0 Å². The fourth-order valence-corrected chi connectivity index (χ4v) is 2.11. The van der Waals surface area contributed by atoms with E-state index in [1.807, 2.05) is 13.8 Å². The molecule has 0 aliphatic carbocycles. The average Bonchev–Trinajstić information content (AvgIpc) is 2.46. The van der Waals surface area contributed by atoms with Crippen molar-refractivity contribution >= 4 is 39.5 Å². The molecule has 126 valence electrons. The van der Waals surface area contributed by atoms with Crippen molar-refractivity contribution in [1.29, 1.82) is 0 Å². The Kier molecular flexibility index (Phi) is 7.53. The lowest BCUT2D eigenvalue weighted by molar-refractivity contribution is -0.138. The monoisotopic (exact) mass is 385 g/mol. The predicted molar refractivity (Wildman–Crippen MR) is 90.2 cm³/mol. The Labute approximate surface area is 143 Å².